The lowest BCUT2D eigenvalue weighted by molar-refractivity contribution is 0.0333. The molecule has 0 atom stereocenters. The van der Waals surface area contributed by atoms with Crippen molar-refractivity contribution in [3.8, 4) is 0 Å². The second-order valence-corrected chi connectivity index (χ2v) is 8.53. The first-order valence-corrected chi connectivity index (χ1v) is 7.24. The highest BCUT2D eigenvalue weighted by Gasteiger charge is 2.28. The van der Waals surface area contributed by atoms with Crippen LogP contribution in [0.5, 0.6) is 0 Å². The molecule has 1 aliphatic heterocycles. The van der Waals surface area contributed by atoms with E-state index in [1.165, 1.54) is 0 Å². The summed E-state index contributed by atoms with van der Waals surface area (Å²) < 4.78 is 5.84. The van der Waals surface area contributed by atoms with Crippen molar-refractivity contribution in [2.24, 2.45) is 0 Å². The largest absolute Gasteiger partial charge is 0.412 e. The van der Waals surface area contributed by atoms with Crippen molar-refractivity contribution in [3.05, 3.63) is 0 Å². The van der Waals surface area contributed by atoms with Gasteiger partial charge < -0.3 is 9.33 Å². The van der Waals surface area contributed by atoms with E-state index in [2.05, 4.69) is 31.6 Å². The molecule has 0 bridgehead atoms. The van der Waals surface area contributed by atoms with Crippen LogP contribution in [0.2, 0.25) is 19.6 Å². The summed E-state index contributed by atoms with van der Waals surface area (Å²) in [5.41, 5.74) is 0. The van der Waals surface area contributed by atoms with Crippen molar-refractivity contribution in [3.63, 3.8) is 0 Å². The smallest absolute Gasteiger partial charge is 0.184 e. The Labute approximate surface area is 64.3 Å². The molecule has 60 valence electrons. The highest BCUT2D eigenvalue weighted by Crippen LogP contribution is 2.14. The maximum absolute atomic E-state index is 5.84. The first-order valence-electron chi connectivity index (χ1n) is 3.84. The molecule has 1 rings (SSSR count). The van der Waals surface area contributed by atoms with Crippen molar-refractivity contribution in [1.82, 2.24) is 4.90 Å². The van der Waals surface area contributed by atoms with Gasteiger partial charge in [-0.15, -0.1) is 0 Å². The molecule has 10 heavy (non-hydrogen) atoms. The molecule has 0 aromatic rings. The Kier molecular flexibility index (Phi) is 2.17. The second kappa shape index (κ2) is 2.64. The van der Waals surface area contributed by atoms with E-state index in [0.717, 1.165) is 13.1 Å². The lowest BCUT2D eigenvalue weighted by Gasteiger charge is -2.39. The average Bonchev–Trinajstić information content (AvgIpc) is 1.57. The van der Waals surface area contributed by atoms with E-state index >= 15 is 0 Å². The summed E-state index contributed by atoms with van der Waals surface area (Å²) in [6.07, 6.45) is 0.539. The predicted molar refractivity (Wildman–Crippen MR) is 45.7 cm³/mol. The van der Waals surface area contributed by atoms with Crippen molar-refractivity contribution >= 4 is 8.32 Å². The minimum atomic E-state index is -1.25. The third-order valence-electron chi connectivity index (χ3n) is 1.55. The van der Waals surface area contributed by atoms with Crippen molar-refractivity contribution in [2.75, 3.05) is 20.1 Å². The number of nitrogens with zero attached hydrogens (tertiary/aromatic N) is 1. The molecule has 3 heteroatoms. The van der Waals surface area contributed by atoms with Crippen molar-refractivity contribution < 1.29 is 4.43 Å². The van der Waals surface area contributed by atoms with Crippen LogP contribution in [0.1, 0.15) is 0 Å². The van der Waals surface area contributed by atoms with Gasteiger partial charge in [0.15, 0.2) is 8.32 Å². The molecule has 0 aliphatic carbocycles. The SMILES string of the molecule is CN1CC(O[Si](C)(C)C)C1. The summed E-state index contributed by atoms with van der Waals surface area (Å²) in [6, 6.07) is 0. The summed E-state index contributed by atoms with van der Waals surface area (Å²) >= 11 is 0. The zero-order valence-corrected chi connectivity index (χ0v) is 8.35. The summed E-state index contributed by atoms with van der Waals surface area (Å²) in [5.74, 6) is 0. The molecule has 0 N–H and O–H groups in total. The van der Waals surface area contributed by atoms with Crippen LogP contribution in [0.15, 0.2) is 0 Å². The predicted octanol–water partition coefficient (Wildman–Crippen LogP) is 1.15. The third kappa shape index (κ3) is 2.40. The van der Waals surface area contributed by atoms with E-state index in [-0.39, 0.29) is 0 Å². The number of likely N-dealkylation sites (tertiary alicyclic amines) is 1. The van der Waals surface area contributed by atoms with Crippen LogP contribution in [0.25, 0.3) is 0 Å². The van der Waals surface area contributed by atoms with Gasteiger partial charge in [0, 0.05) is 13.1 Å². The lowest BCUT2D eigenvalue weighted by Crippen LogP contribution is -2.53. The fourth-order valence-electron chi connectivity index (χ4n) is 1.22. The zero-order chi connectivity index (χ0) is 7.78. The molecular weight excluding hydrogens is 142 g/mol. The van der Waals surface area contributed by atoms with Gasteiger partial charge in [-0.1, -0.05) is 0 Å². The van der Waals surface area contributed by atoms with E-state index in [1.807, 2.05) is 0 Å². The molecule has 1 heterocycles. The van der Waals surface area contributed by atoms with Gasteiger partial charge in [0.1, 0.15) is 0 Å². The van der Waals surface area contributed by atoms with Gasteiger partial charge in [0.2, 0.25) is 0 Å². The molecule has 0 aromatic carbocycles. The van der Waals surface area contributed by atoms with E-state index < -0.39 is 8.32 Å². The fraction of sp³-hybridized carbons (Fsp3) is 1.00. The lowest BCUT2D eigenvalue weighted by atomic mass is 10.2. The van der Waals surface area contributed by atoms with E-state index in [9.17, 15) is 0 Å². The highest BCUT2D eigenvalue weighted by molar-refractivity contribution is 6.69. The maximum atomic E-state index is 5.84. The van der Waals surface area contributed by atoms with E-state index in [0.29, 0.717) is 6.10 Å². The van der Waals surface area contributed by atoms with Crippen LogP contribution in [0.3, 0.4) is 0 Å². The number of hydrogen-bond donors (Lipinski definition) is 0. The number of likely N-dealkylation sites (N-methyl/N-ethyl adjacent to an activating group) is 1. The van der Waals surface area contributed by atoms with Gasteiger partial charge in [-0.05, 0) is 26.7 Å². The summed E-state index contributed by atoms with van der Waals surface area (Å²) in [6.45, 7) is 8.98. The summed E-state index contributed by atoms with van der Waals surface area (Å²) in [5, 5.41) is 0. The van der Waals surface area contributed by atoms with Gasteiger partial charge in [0.05, 0.1) is 6.10 Å². The Balaban J connectivity index is 2.16. The maximum Gasteiger partial charge on any atom is 0.184 e. The Morgan fingerprint density at radius 3 is 2.10 bits per heavy atom. The molecule has 1 fully saturated rings. The molecule has 0 unspecified atom stereocenters. The van der Waals surface area contributed by atoms with Crippen LogP contribution >= 0.6 is 0 Å². The van der Waals surface area contributed by atoms with Gasteiger partial charge >= 0.3 is 0 Å². The van der Waals surface area contributed by atoms with Gasteiger partial charge in [-0.2, -0.15) is 0 Å². The van der Waals surface area contributed by atoms with Crippen LogP contribution in [-0.4, -0.2) is 39.5 Å². The topological polar surface area (TPSA) is 12.5 Å². The quantitative estimate of drug-likeness (QED) is 0.560. The molecule has 2 nitrogen and oxygen atoms in total. The Morgan fingerprint density at radius 1 is 1.30 bits per heavy atom. The molecule has 1 aliphatic rings. The monoisotopic (exact) mass is 159 g/mol. The van der Waals surface area contributed by atoms with E-state index in [4.69, 9.17) is 4.43 Å². The first-order chi connectivity index (χ1) is 4.47. The Bertz CT molecular complexity index is 115. The molecule has 0 saturated carbocycles. The van der Waals surface area contributed by atoms with Crippen LogP contribution in [0, 0.1) is 0 Å². The number of hydrogen-bond acceptors (Lipinski definition) is 2. The zero-order valence-electron chi connectivity index (χ0n) is 7.35. The molecule has 0 aromatic heterocycles. The average molecular weight is 159 g/mol. The first kappa shape index (κ1) is 8.24. The Hall–Kier alpha value is 0.137. The molecule has 1 saturated heterocycles. The van der Waals surface area contributed by atoms with Gasteiger partial charge in [-0.25, -0.2) is 0 Å². The molecule has 0 amide bonds. The van der Waals surface area contributed by atoms with Gasteiger partial charge in [-0.3, -0.25) is 0 Å². The number of rotatable bonds is 2. The Morgan fingerprint density at radius 2 is 1.80 bits per heavy atom. The van der Waals surface area contributed by atoms with Crippen LogP contribution < -0.4 is 0 Å². The van der Waals surface area contributed by atoms with Gasteiger partial charge in [0.25, 0.3) is 0 Å². The molecule has 0 radical (unpaired) electrons. The van der Waals surface area contributed by atoms with E-state index in [1.54, 1.807) is 0 Å². The fourth-order valence-corrected chi connectivity index (χ4v) is 2.37. The minimum Gasteiger partial charge on any atom is -0.412 e. The second-order valence-electron chi connectivity index (χ2n) is 4.07. The van der Waals surface area contributed by atoms with Crippen LogP contribution in [0.4, 0.5) is 0 Å². The third-order valence-corrected chi connectivity index (χ3v) is 2.59. The summed E-state index contributed by atoms with van der Waals surface area (Å²) in [4.78, 5) is 2.28. The molecule has 0 spiro atoms. The minimum absolute atomic E-state index is 0.539. The normalized spacial score (nSPS) is 22.8. The van der Waals surface area contributed by atoms with Crippen molar-refractivity contribution in [1.29, 1.82) is 0 Å². The highest BCUT2D eigenvalue weighted by atomic mass is 28.4. The molecular formula is C7H17NOSi. The van der Waals surface area contributed by atoms with Crippen LogP contribution in [-0.2, 0) is 4.43 Å². The standard InChI is InChI=1S/C7H17NOSi/c1-8-5-7(6-8)9-10(2,3)4/h7H,5-6H2,1-4H3. The van der Waals surface area contributed by atoms with Crippen molar-refractivity contribution in [2.45, 2.75) is 25.7 Å². The summed E-state index contributed by atoms with van der Waals surface area (Å²) in [7, 11) is 0.883.